The molecule has 1 heterocycles. The zero-order valence-electron chi connectivity index (χ0n) is 11.5. The largest absolute Gasteiger partial charge is 2.00 e. The Kier molecular flexibility index (Phi) is 6.73. The van der Waals surface area contributed by atoms with Crippen molar-refractivity contribution in [1.29, 1.82) is 0 Å². The summed E-state index contributed by atoms with van der Waals surface area (Å²) < 4.78 is 6.75. The third-order valence-electron chi connectivity index (χ3n) is 2.69. The summed E-state index contributed by atoms with van der Waals surface area (Å²) in [6.45, 7) is 4.32. The van der Waals surface area contributed by atoms with Gasteiger partial charge in [-0.3, -0.25) is 4.90 Å². The molecule has 4 heteroatoms. The average molecular weight is 296 g/mol. The summed E-state index contributed by atoms with van der Waals surface area (Å²) in [5, 5.41) is 0. The van der Waals surface area contributed by atoms with Crippen LogP contribution < -0.4 is 4.74 Å². The summed E-state index contributed by atoms with van der Waals surface area (Å²) in [5.74, 6) is 0.956. The molecule has 2 rings (SSSR count). The van der Waals surface area contributed by atoms with Crippen molar-refractivity contribution in [1.82, 2.24) is 4.90 Å². The summed E-state index contributed by atoms with van der Waals surface area (Å²) in [7, 11) is 0. The van der Waals surface area contributed by atoms with E-state index >= 15 is 0 Å². The zero-order chi connectivity index (χ0) is 10.5. The van der Waals surface area contributed by atoms with E-state index in [4.69, 9.17) is 4.74 Å². The van der Waals surface area contributed by atoms with Crippen LogP contribution in [-0.4, -0.2) is 54.2 Å². The number of halogens is 1. The van der Waals surface area contributed by atoms with Crippen molar-refractivity contribution in [3.05, 3.63) is 28.7 Å². The molecule has 0 saturated carbocycles. The normalized spacial score (nSPS) is 15.8. The maximum atomic E-state index is 5.66. The van der Waals surface area contributed by atoms with Crippen LogP contribution in [0.15, 0.2) is 28.7 Å². The van der Waals surface area contributed by atoms with Crippen LogP contribution >= 0.6 is 15.9 Å². The molecule has 0 unspecified atom stereocenters. The van der Waals surface area contributed by atoms with Crippen molar-refractivity contribution < 1.29 is 7.59 Å². The summed E-state index contributed by atoms with van der Waals surface area (Å²) >= 11 is 3.40. The molecule has 0 spiro atoms. The maximum absolute atomic E-state index is 5.66. The Morgan fingerprint density at radius 3 is 2.44 bits per heavy atom. The van der Waals surface area contributed by atoms with Gasteiger partial charge in [-0.05, 0) is 50.2 Å². The maximum Gasteiger partial charge on any atom is 2.00 e. The summed E-state index contributed by atoms with van der Waals surface area (Å²) in [4.78, 5) is 2.46. The van der Waals surface area contributed by atoms with E-state index in [0.717, 1.165) is 23.4 Å². The third kappa shape index (κ3) is 4.61. The fraction of sp³-hybridized carbons (Fsp3) is 0.500. The van der Waals surface area contributed by atoms with Crippen LogP contribution in [0.4, 0.5) is 0 Å². The van der Waals surface area contributed by atoms with Gasteiger partial charge in [0.2, 0.25) is 0 Å². The number of hydrogen-bond donors (Lipinski definition) is 0. The smallest absolute Gasteiger partial charge is 1.00 e. The second-order valence-corrected chi connectivity index (χ2v) is 4.77. The average Bonchev–Trinajstić information content (AvgIpc) is 2.74. The Hall–Kier alpha value is 0.226. The van der Waals surface area contributed by atoms with Gasteiger partial charge in [-0.25, -0.2) is 0 Å². The third-order valence-corrected chi connectivity index (χ3v) is 3.22. The standard InChI is InChI=1S/C12H16BrNO.Mg.2H/c13-11-3-5-12(6-4-11)15-10-9-14-7-1-2-8-14;;;/h3-6H,1-2,7-10H2;;;/q;+2;2*-1. The number of hydrogen-bond acceptors (Lipinski definition) is 2. The molecule has 1 aromatic rings. The number of likely N-dealkylation sites (tertiary alicyclic amines) is 1. The van der Waals surface area contributed by atoms with E-state index in [0.29, 0.717) is 0 Å². The van der Waals surface area contributed by atoms with Crippen molar-refractivity contribution in [3.8, 4) is 5.75 Å². The summed E-state index contributed by atoms with van der Waals surface area (Å²) in [5.41, 5.74) is 0. The van der Waals surface area contributed by atoms with E-state index in [1.165, 1.54) is 25.9 Å². The van der Waals surface area contributed by atoms with E-state index < -0.39 is 0 Å². The molecule has 0 aliphatic carbocycles. The van der Waals surface area contributed by atoms with Gasteiger partial charge in [-0.15, -0.1) is 0 Å². The first-order valence-electron chi connectivity index (χ1n) is 5.45. The van der Waals surface area contributed by atoms with Gasteiger partial charge in [-0.2, -0.15) is 0 Å². The van der Waals surface area contributed by atoms with E-state index in [2.05, 4.69) is 20.8 Å². The van der Waals surface area contributed by atoms with Gasteiger partial charge in [0.05, 0.1) is 0 Å². The van der Waals surface area contributed by atoms with E-state index in [1.807, 2.05) is 24.3 Å². The van der Waals surface area contributed by atoms with Crippen molar-refractivity contribution in [2.45, 2.75) is 12.8 Å². The molecule has 0 bridgehead atoms. The van der Waals surface area contributed by atoms with Crippen LogP contribution in [0.25, 0.3) is 0 Å². The molecule has 1 aliphatic rings. The molecule has 1 saturated heterocycles. The number of nitrogens with zero attached hydrogens (tertiary/aromatic N) is 1. The Morgan fingerprint density at radius 2 is 1.81 bits per heavy atom. The molecule has 0 radical (unpaired) electrons. The van der Waals surface area contributed by atoms with Crippen LogP contribution in [0.3, 0.4) is 0 Å². The van der Waals surface area contributed by atoms with Crippen LogP contribution in [-0.2, 0) is 0 Å². The molecule has 2 nitrogen and oxygen atoms in total. The minimum Gasteiger partial charge on any atom is -1.00 e. The first-order chi connectivity index (χ1) is 7.34. The van der Waals surface area contributed by atoms with Crippen molar-refractivity contribution in [2.24, 2.45) is 0 Å². The van der Waals surface area contributed by atoms with Gasteiger partial charge in [-0.1, -0.05) is 15.9 Å². The first kappa shape index (κ1) is 14.3. The van der Waals surface area contributed by atoms with Crippen LogP contribution in [0.1, 0.15) is 15.7 Å². The fourth-order valence-corrected chi connectivity index (χ4v) is 2.09. The molecule has 1 aliphatic heterocycles. The van der Waals surface area contributed by atoms with E-state index in [1.54, 1.807) is 0 Å². The minimum atomic E-state index is 0. The molecule has 0 aromatic heterocycles. The number of rotatable bonds is 4. The van der Waals surface area contributed by atoms with Crippen LogP contribution in [0, 0.1) is 0 Å². The number of ether oxygens (including phenoxy) is 1. The van der Waals surface area contributed by atoms with Crippen LogP contribution in [0.5, 0.6) is 5.75 Å². The molecule has 0 N–H and O–H groups in total. The zero-order valence-corrected chi connectivity index (χ0v) is 12.5. The molecule has 0 amide bonds. The molecular weight excluding hydrogens is 278 g/mol. The molecule has 1 aromatic carbocycles. The first-order valence-corrected chi connectivity index (χ1v) is 6.24. The Labute approximate surface area is 125 Å². The number of benzene rings is 1. The quantitative estimate of drug-likeness (QED) is 0.792. The molecule has 16 heavy (non-hydrogen) atoms. The molecule has 86 valence electrons. The molecule has 0 atom stereocenters. The second-order valence-electron chi connectivity index (χ2n) is 3.85. The van der Waals surface area contributed by atoms with Crippen molar-refractivity contribution >= 4 is 39.0 Å². The minimum absolute atomic E-state index is 0. The van der Waals surface area contributed by atoms with Crippen molar-refractivity contribution in [3.63, 3.8) is 0 Å². The fourth-order valence-electron chi connectivity index (χ4n) is 1.83. The van der Waals surface area contributed by atoms with Crippen molar-refractivity contribution in [2.75, 3.05) is 26.2 Å². The van der Waals surface area contributed by atoms with Gasteiger partial charge in [0.25, 0.3) is 0 Å². The summed E-state index contributed by atoms with van der Waals surface area (Å²) in [6.07, 6.45) is 2.69. The predicted octanol–water partition coefficient (Wildman–Crippen LogP) is 2.77. The Bertz CT molecular complexity index is 307. The van der Waals surface area contributed by atoms with Gasteiger partial charge in [0, 0.05) is 11.0 Å². The summed E-state index contributed by atoms with van der Waals surface area (Å²) in [6, 6.07) is 8.00. The predicted molar refractivity (Wildman–Crippen MR) is 73.3 cm³/mol. The van der Waals surface area contributed by atoms with Gasteiger partial charge < -0.3 is 7.59 Å². The van der Waals surface area contributed by atoms with Gasteiger partial charge in [0.1, 0.15) is 12.4 Å². The second kappa shape index (κ2) is 7.53. The van der Waals surface area contributed by atoms with Gasteiger partial charge in [0.15, 0.2) is 0 Å². The Morgan fingerprint density at radius 1 is 1.19 bits per heavy atom. The van der Waals surface area contributed by atoms with Crippen LogP contribution in [0.2, 0.25) is 0 Å². The molecule has 1 fully saturated rings. The molecular formula is C12H18BrMgNO. The SMILES string of the molecule is Brc1ccc(OCCN2CCCC2)cc1.[H-].[H-].[Mg+2]. The van der Waals surface area contributed by atoms with E-state index in [-0.39, 0.29) is 25.9 Å². The van der Waals surface area contributed by atoms with E-state index in [9.17, 15) is 0 Å². The Balaban J connectivity index is 0. The topological polar surface area (TPSA) is 12.5 Å². The monoisotopic (exact) mass is 295 g/mol. The van der Waals surface area contributed by atoms with Gasteiger partial charge >= 0.3 is 23.1 Å².